The minimum absolute atomic E-state index is 0.0715. The molecule has 0 aliphatic rings. The Morgan fingerprint density at radius 2 is 1.88 bits per heavy atom. The lowest BCUT2D eigenvalue weighted by atomic mass is 10.3. The molecule has 3 aromatic rings. The van der Waals surface area contributed by atoms with Crippen LogP contribution in [0.2, 0.25) is 0 Å². The van der Waals surface area contributed by atoms with E-state index in [4.69, 9.17) is 4.74 Å². The molecule has 0 spiro atoms. The standard InChI is InChI=1S/C19H19N3O2S/c1-14(18(23)21-15-8-10-17(24-2)11-9-15)25-19-20-12-13-22(19)16-6-4-3-5-7-16/h3-14H,1-2H3,(H,21,23)/t14-/m1/s1. The number of ether oxygens (including phenoxy) is 1. The molecular formula is C19H19N3O2S. The van der Waals surface area contributed by atoms with Gasteiger partial charge in [-0.1, -0.05) is 30.0 Å². The van der Waals surface area contributed by atoms with E-state index in [-0.39, 0.29) is 11.2 Å². The number of benzene rings is 2. The highest BCUT2D eigenvalue weighted by atomic mass is 32.2. The molecule has 25 heavy (non-hydrogen) atoms. The van der Waals surface area contributed by atoms with Crippen molar-refractivity contribution in [3.8, 4) is 11.4 Å². The third-order valence-electron chi connectivity index (χ3n) is 3.65. The zero-order chi connectivity index (χ0) is 17.6. The van der Waals surface area contributed by atoms with Crippen molar-refractivity contribution in [2.24, 2.45) is 0 Å². The van der Waals surface area contributed by atoms with E-state index in [1.54, 1.807) is 13.3 Å². The number of nitrogens with one attached hydrogen (secondary N) is 1. The smallest absolute Gasteiger partial charge is 0.237 e. The first-order valence-corrected chi connectivity index (χ1v) is 8.75. The van der Waals surface area contributed by atoms with Crippen molar-refractivity contribution in [2.45, 2.75) is 17.3 Å². The number of imidazole rings is 1. The van der Waals surface area contributed by atoms with E-state index in [2.05, 4.69) is 10.3 Å². The zero-order valence-electron chi connectivity index (χ0n) is 14.0. The summed E-state index contributed by atoms with van der Waals surface area (Å²) in [4.78, 5) is 16.8. The Morgan fingerprint density at radius 1 is 1.16 bits per heavy atom. The Balaban J connectivity index is 1.67. The summed E-state index contributed by atoms with van der Waals surface area (Å²) in [6, 6.07) is 17.2. The minimum atomic E-state index is -0.285. The van der Waals surface area contributed by atoms with Crippen LogP contribution in [-0.2, 0) is 4.79 Å². The molecule has 1 amide bonds. The van der Waals surface area contributed by atoms with Gasteiger partial charge in [-0.3, -0.25) is 9.36 Å². The molecule has 1 atom stereocenters. The largest absolute Gasteiger partial charge is 0.497 e. The Hall–Kier alpha value is -2.73. The normalized spacial score (nSPS) is 11.8. The first-order valence-electron chi connectivity index (χ1n) is 7.87. The van der Waals surface area contributed by atoms with Gasteiger partial charge in [0.25, 0.3) is 0 Å². The lowest BCUT2D eigenvalue weighted by Crippen LogP contribution is -2.22. The summed E-state index contributed by atoms with van der Waals surface area (Å²) >= 11 is 1.42. The third-order valence-corrected chi connectivity index (χ3v) is 4.73. The molecule has 0 aliphatic carbocycles. The second-order valence-electron chi connectivity index (χ2n) is 5.39. The molecule has 1 N–H and O–H groups in total. The molecule has 0 radical (unpaired) electrons. The number of nitrogens with zero attached hydrogens (tertiary/aromatic N) is 2. The quantitative estimate of drug-likeness (QED) is 0.681. The third kappa shape index (κ3) is 4.22. The molecule has 1 aromatic heterocycles. The monoisotopic (exact) mass is 353 g/mol. The number of carbonyl (C=O) groups is 1. The number of amides is 1. The number of rotatable bonds is 6. The van der Waals surface area contributed by atoms with Crippen LogP contribution in [0.4, 0.5) is 5.69 Å². The van der Waals surface area contributed by atoms with Gasteiger partial charge in [-0.05, 0) is 43.3 Å². The molecule has 128 valence electrons. The fourth-order valence-corrected chi connectivity index (χ4v) is 3.18. The highest BCUT2D eigenvalue weighted by Crippen LogP contribution is 2.25. The van der Waals surface area contributed by atoms with Gasteiger partial charge in [-0.25, -0.2) is 4.98 Å². The number of carbonyl (C=O) groups excluding carboxylic acids is 1. The van der Waals surface area contributed by atoms with Crippen molar-refractivity contribution in [3.63, 3.8) is 0 Å². The lowest BCUT2D eigenvalue weighted by Gasteiger charge is -2.13. The molecule has 6 heteroatoms. The van der Waals surface area contributed by atoms with E-state index in [1.165, 1.54) is 11.8 Å². The molecule has 0 unspecified atom stereocenters. The number of hydrogen-bond acceptors (Lipinski definition) is 4. The summed E-state index contributed by atoms with van der Waals surface area (Å²) < 4.78 is 7.09. The van der Waals surface area contributed by atoms with Gasteiger partial charge in [0.1, 0.15) is 5.75 Å². The van der Waals surface area contributed by atoms with Gasteiger partial charge in [0.15, 0.2) is 5.16 Å². The van der Waals surface area contributed by atoms with Gasteiger partial charge in [-0.15, -0.1) is 0 Å². The maximum Gasteiger partial charge on any atom is 0.237 e. The minimum Gasteiger partial charge on any atom is -0.497 e. The van der Waals surface area contributed by atoms with Crippen LogP contribution in [-0.4, -0.2) is 27.8 Å². The second kappa shape index (κ2) is 7.90. The van der Waals surface area contributed by atoms with Gasteiger partial charge in [0.05, 0.1) is 12.4 Å². The van der Waals surface area contributed by atoms with E-state index in [9.17, 15) is 4.79 Å². The maximum atomic E-state index is 12.4. The van der Waals surface area contributed by atoms with E-state index in [1.807, 2.05) is 72.3 Å². The number of thioether (sulfide) groups is 1. The molecule has 0 saturated heterocycles. The number of hydrogen-bond donors (Lipinski definition) is 1. The highest BCUT2D eigenvalue weighted by Gasteiger charge is 2.18. The summed E-state index contributed by atoms with van der Waals surface area (Å²) in [7, 11) is 1.61. The summed E-state index contributed by atoms with van der Waals surface area (Å²) in [5.41, 5.74) is 1.76. The van der Waals surface area contributed by atoms with E-state index < -0.39 is 0 Å². The maximum absolute atomic E-state index is 12.4. The van der Waals surface area contributed by atoms with Gasteiger partial charge >= 0.3 is 0 Å². The van der Waals surface area contributed by atoms with E-state index >= 15 is 0 Å². The van der Waals surface area contributed by atoms with Crippen LogP contribution in [0.3, 0.4) is 0 Å². The fourth-order valence-electron chi connectivity index (χ4n) is 2.29. The lowest BCUT2D eigenvalue weighted by molar-refractivity contribution is -0.115. The molecule has 0 saturated carbocycles. The van der Waals surface area contributed by atoms with Gasteiger partial charge in [-0.2, -0.15) is 0 Å². The van der Waals surface area contributed by atoms with Crippen LogP contribution in [0.1, 0.15) is 6.92 Å². The molecule has 0 fully saturated rings. The fraction of sp³-hybridized carbons (Fsp3) is 0.158. The number of methoxy groups -OCH3 is 1. The Labute approximate surface area is 151 Å². The first-order chi connectivity index (χ1) is 12.2. The molecule has 2 aromatic carbocycles. The van der Waals surface area contributed by atoms with Crippen molar-refractivity contribution in [1.82, 2.24) is 9.55 Å². The molecular weight excluding hydrogens is 334 g/mol. The predicted octanol–water partition coefficient (Wildman–Crippen LogP) is 4.00. The van der Waals surface area contributed by atoms with Crippen molar-refractivity contribution in [2.75, 3.05) is 12.4 Å². The molecule has 1 heterocycles. The van der Waals surface area contributed by atoms with E-state index in [0.717, 1.165) is 22.3 Å². The summed E-state index contributed by atoms with van der Waals surface area (Å²) in [5, 5.41) is 3.41. The van der Waals surface area contributed by atoms with Crippen LogP contribution in [0.25, 0.3) is 5.69 Å². The highest BCUT2D eigenvalue weighted by molar-refractivity contribution is 8.00. The number of aromatic nitrogens is 2. The SMILES string of the molecule is COc1ccc(NC(=O)[C@@H](C)Sc2nccn2-c2ccccc2)cc1. The zero-order valence-corrected chi connectivity index (χ0v) is 14.9. The van der Waals surface area contributed by atoms with Crippen LogP contribution in [0.5, 0.6) is 5.75 Å². The van der Waals surface area contributed by atoms with E-state index in [0.29, 0.717) is 0 Å². The molecule has 3 rings (SSSR count). The summed E-state index contributed by atoms with van der Waals surface area (Å²) in [6.45, 7) is 1.87. The Morgan fingerprint density at radius 3 is 2.56 bits per heavy atom. The Bertz CT molecular complexity index is 831. The Kier molecular flexibility index (Phi) is 5.40. The molecule has 0 aliphatic heterocycles. The first kappa shape index (κ1) is 17.1. The van der Waals surface area contributed by atoms with Crippen molar-refractivity contribution < 1.29 is 9.53 Å². The van der Waals surface area contributed by atoms with Crippen LogP contribution in [0, 0.1) is 0 Å². The van der Waals surface area contributed by atoms with Gasteiger partial charge < -0.3 is 10.1 Å². The second-order valence-corrected chi connectivity index (χ2v) is 6.70. The van der Waals surface area contributed by atoms with Crippen molar-refractivity contribution in [1.29, 1.82) is 0 Å². The van der Waals surface area contributed by atoms with Gasteiger partial charge in [0.2, 0.25) is 5.91 Å². The van der Waals surface area contributed by atoms with Crippen LogP contribution >= 0.6 is 11.8 Å². The topological polar surface area (TPSA) is 56.1 Å². The van der Waals surface area contributed by atoms with Crippen LogP contribution < -0.4 is 10.1 Å². The van der Waals surface area contributed by atoms with Gasteiger partial charge in [0, 0.05) is 23.8 Å². The van der Waals surface area contributed by atoms with Crippen molar-refractivity contribution >= 4 is 23.4 Å². The predicted molar refractivity (Wildman–Crippen MR) is 101 cm³/mol. The number of anilines is 1. The van der Waals surface area contributed by atoms with Crippen molar-refractivity contribution in [3.05, 3.63) is 67.0 Å². The van der Waals surface area contributed by atoms with Crippen LogP contribution in [0.15, 0.2) is 72.1 Å². The number of para-hydroxylation sites is 1. The average molecular weight is 353 g/mol. The molecule has 0 bridgehead atoms. The average Bonchev–Trinajstić information content (AvgIpc) is 3.11. The summed E-state index contributed by atoms with van der Waals surface area (Å²) in [5.74, 6) is 0.683. The summed E-state index contributed by atoms with van der Waals surface area (Å²) in [6.07, 6.45) is 3.63. The molecule has 5 nitrogen and oxygen atoms in total.